The highest BCUT2D eigenvalue weighted by Crippen LogP contribution is 2.41. The second-order valence-corrected chi connectivity index (χ2v) is 6.38. The van der Waals surface area contributed by atoms with Crippen LogP contribution in [-0.4, -0.2) is 35.3 Å². The fraction of sp³-hybridized carbons (Fsp3) is 0.625. The number of hydrogen-bond acceptors (Lipinski definition) is 2. The van der Waals surface area contributed by atoms with E-state index in [0.29, 0.717) is 45.3 Å². The van der Waals surface area contributed by atoms with Gasteiger partial charge in [0, 0.05) is 12.1 Å². The van der Waals surface area contributed by atoms with E-state index in [1.165, 1.54) is 0 Å². The van der Waals surface area contributed by atoms with Crippen LogP contribution in [-0.2, 0) is 0 Å². The summed E-state index contributed by atoms with van der Waals surface area (Å²) in [5.74, 6) is -1.23. The monoisotopic (exact) mass is 299 g/mol. The van der Waals surface area contributed by atoms with Gasteiger partial charge in [-0.3, -0.25) is 0 Å². The number of halogens is 3. The van der Waals surface area contributed by atoms with Gasteiger partial charge in [-0.15, -0.1) is 0 Å². The Morgan fingerprint density at radius 2 is 1.90 bits per heavy atom. The molecule has 0 amide bonds. The number of nitrogens with zero attached hydrogens (tertiary/aromatic N) is 1. The molecular weight excluding hydrogens is 279 g/mol. The van der Waals surface area contributed by atoms with E-state index in [2.05, 4.69) is 4.90 Å². The third kappa shape index (κ3) is 3.40. The first-order valence-electron chi connectivity index (χ1n) is 7.51. The summed E-state index contributed by atoms with van der Waals surface area (Å²) < 4.78 is 40.6. The average molecular weight is 299 g/mol. The van der Waals surface area contributed by atoms with Gasteiger partial charge in [-0.2, -0.15) is 0 Å². The number of hydrogen-bond donors (Lipinski definition) is 1. The molecule has 2 fully saturated rings. The molecule has 1 heterocycles. The zero-order chi connectivity index (χ0) is 15.0. The lowest BCUT2D eigenvalue weighted by Crippen LogP contribution is -2.39. The molecule has 1 aromatic rings. The quantitative estimate of drug-likeness (QED) is 0.923. The Hall–Kier alpha value is -1.07. The van der Waals surface area contributed by atoms with Crippen molar-refractivity contribution in [3.8, 4) is 0 Å². The molecule has 1 aliphatic carbocycles. The Labute approximate surface area is 122 Å². The standard InChI is InChI=1S/C16H20F3NO/c17-12-1-2-14(18)13(9-12)15(21)11-3-7-20(8-4-11)10-16(19)5-6-16/h1-2,9,11,15,21H,3-8,10H2. The molecule has 0 aromatic heterocycles. The minimum atomic E-state index is -1.000. The van der Waals surface area contributed by atoms with Crippen molar-refractivity contribution in [3.63, 3.8) is 0 Å². The van der Waals surface area contributed by atoms with E-state index in [9.17, 15) is 18.3 Å². The minimum absolute atomic E-state index is 0.0256. The van der Waals surface area contributed by atoms with E-state index >= 15 is 0 Å². The molecule has 3 rings (SSSR count). The fourth-order valence-corrected chi connectivity index (χ4v) is 3.12. The van der Waals surface area contributed by atoms with Crippen LogP contribution in [0.2, 0.25) is 0 Å². The summed E-state index contributed by atoms with van der Waals surface area (Å²) in [6, 6.07) is 3.15. The van der Waals surface area contributed by atoms with E-state index in [1.54, 1.807) is 0 Å². The highest BCUT2D eigenvalue weighted by Gasteiger charge is 2.45. The Kier molecular flexibility index (Phi) is 3.97. The van der Waals surface area contributed by atoms with Crippen molar-refractivity contribution >= 4 is 0 Å². The maximum atomic E-state index is 13.7. The van der Waals surface area contributed by atoms with Gasteiger partial charge in [-0.25, -0.2) is 13.2 Å². The zero-order valence-corrected chi connectivity index (χ0v) is 11.9. The summed E-state index contributed by atoms with van der Waals surface area (Å²) >= 11 is 0. The lowest BCUT2D eigenvalue weighted by Gasteiger charge is -2.35. The molecule has 1 saturated carbocycles. The van der Waals surface area contributed by atoms with Gasteiger partial charge in [-0.05, 0) is 62.9 Å². The number of aliphatic hydroxyl groups excluding tert-OH is 1. The molecule has 1 atom stereocenters. The molecule has 2 aliphatic rings. The van der Waals surface area contributed by atoms with Gasteiger partial charge in [0.1, 0.15) is 17.3 Å². The number of aliphatic hydroxyl groups is 1. The molecule has 0 bridgehead atoms. The third-order valence-corrected chi connectivity index (χ3v) is 4.65. The predicted molar refractivity (Wildman–Crippen MR) is 73.6 cm³/mol. The smallest absolute Gasteiger partial charge is 0.129 e. The molecule has 5 heteroatoms. The number of benzene rings is 1. The number of piperidine rings is 1. The van der Waals surface area contributed by atoms with Gasteiger partial charge in [-0.1, -0.05) is 0 Å². The molecule has 21 heavy (non-hydrogen) atoms. The first-order valence-corrected chi connectivity index (χ1v) is 7.51. The van der Waals surface area contributed by atoms with E-state index in [1.807, 2.05) is 0 Å². The van der Waals surface area contributed by atoms with Gasteiger partial charge < -0.3 is 10.0 Å². The molecule has 1 aliphatic heterocycles. The van der Waals surface area contributed by atoms with Crippen LogP contribution in [0.4, 0.5) is 13.2 Å². The highest BCUT2D eigenvalue weighted by atomic mass is 19.1. The number of likely N-dealkylation sites (tertiary alicyclic amines) is 1. The lowest BCUT2D eigenvalue weighted by atomic mass is 9.87. The molecule has 116 valence electrons. The largest absolute Gasteiger partial charge is 0.388 e. The summed E-state index contributed by atoms with van der Waals surface area (Å²) in [6.07, 6.45) is 1.64. The number of rotatable bonds is 4. The van der Waals surface area contributed by atoms with Gasteiger partial charge in [0.25, 0.3) is 0 Å². The van der Waals surface area contributed by atoms with Gasteiger partial charge in [0.05, 0.1) is 6.10 Å². The van der Waals surface area contributed by atoms with E-state index in [-0.39, 0.29) is 11.5 Å². The second kappa shape index (κ2) is 5.61. The summed E-state index contributed by atoms with van der Waals surface area (Å²) in [5, 5.41) is 10.3. The zero-order valence-electron chi connectivity index (χ0n) is 11.9. The summed E-state index contributed by atoms with van der Waals surface area (Å²) in [7, 11) is 0. The molecule has 1 saturated heterocycles. The van der Waals surface area contributed by atoms with Crippen LogP contribution in [0.5, 0.6) is 0 Å². The fourth-order valence-electron chi connectivity index (χ4n) is 3.12. The highest BCUT2D eigenvalue weighted by molar-refractivity contribution is 5.21. The van der Waals surface area contributed by atoms with Gasteiger partial charge in [0.15, 0.2) is 0 Å². The Balaban J connectivity index is 1.59. The molecule has 2 nitrogen and oxygen atoms in total. The molecule has 1 unspecified atom stereocenters. The Bertz CT molecular complexity index is 510. The lowest BCUT2D eigenvalue weighted by molar-refractivity contribution is 0.0470. The van der Waals surface area contributed by atoms with E-state index in [4.69, 9.17) is 0 Å². The predicted octanol–water partition coefficient (Wildman–Crippen LogP) is 3.21. The average Bonchev–Trinajstić information content (AvgIpc) is 3.19. The minimum Gasteiger partial charge on any atom is -0.388 e. The van der Waals surface area contributed by atoms with Crippen LogP contribution in [0.1, 0.15) is 37.4 Å². The summed E-state index contributed by atoms with van der Waals surface area (Å²) in [6.45, 7) is 1.86. The SMILES string of the molecule is OC(c1cc(F)ccc1F)C1CCN(CC2(F)CC2)CC1. The topological polar surface area (TPSA) is 23.5 Å². The van der Waals surface area contributed by atoms with Crippen LogP contribution in [0.15, 0.2) is 18.2 Å². The van der Waals surface area contributed by atoms with Crippen molar-refractivity contribution in [2.75, 3.05) is 19.6 Å². The van der Waals surface area contributed by atoms with E-state index in [0.717, 1.165) is 18.2 Å². The first-order chi connectivity index (χ1) is 9.97. The Morgan fingerprint density at radius 1 is 1.24 bits per heavy atom. The summed E-state index contributed by atoms with van der Waals surface area (Å²) in [5.41, 5.74) is -0.974. The Morgan fingerprint density at radius 3 is 2.52 bits per heavy atom. The van der Waals surface area contributed by atoms with Crippen molar-refractivity contribution in [2.45, 2.75) is 37.5 Å². The van der Waals surface area contributed by atoms with Crippen LogP contribution in [0.25, 0.3) is 0 Å². The molecule has 1 N–H and O–H groups in total. The molecule has 0 spiro atoms. The van der Waals surface area contributed by atoms with Crippen LogP contribution in [0, 0.1) is 17.6 Å². The third-order valence-electron chi connectivity index (χ3n) is 4.65. The van der Waals surface area contributed by atoms with Crippen LogP contribution < -0.4 is 0 Å². The maximum Gasteiger partial charge on any atom is 0.129 e. The van der Waals surface area contributed by atoms with Crippen molar-refractivity contribution in [1.82, 2.24) is 4.90 Å². The van der Waals surface area contributed by atoms with Crippen LogP contribution >= 0.6 is 0 Å². The molecular formula is C16H20F3NO. The van der Waals surface area contributed by atoms with Gasteiger partial charge in [0.2, 0.25) is 0 Å². The summed E-state index contributed by atoms with van der Waals surface area (Å²) in [4.78, 5) is 2.07. The molecule has 0 radical (unpaired) electrons. The number of alkyl halides is 1. The second-order valence-electron chi connectivity index (χ2n) is 6.38. The van der Waals surface area contributed by atoms with E-state index < -0.39 is 23.4 Å². The van der Waals surface area contributed by atoms with Crippen molar-refractivity contribution in [1.29, 1.82) is 0 Å². The van der Waals surface area contributed by atoms with Crippen molar-refractivity contribution in [2.24, 2.45) is 5.92 Å². The maximum absolute atomic E-state index is 13.7. The van der Waals surface area contributed by atoms with Crippen LogP contribution in [0.3, 0.4) is 0 Å². The van der Waals surface area contributed by atoms with Crippen molar-refractivity contribution < 1.29 is 18.3 Å². The first kappa shape index (κ1) is 14.9. The molecule has 1 aromatic carbocycles. The normalized spacial score (nSPS) is 24.0. The van der Waals surface area contributed by atoms with Gasteiger partial charge >= 0.3 is 0 Å². The van der Waals surface area contributed by atoms with Crippen molar-refractivity contribution in [3.05, 3.63) is 35.4 Å².